The molecule has 2 aliphatic rings. The van der Waals surface area contributed by atoms with E-state index >= 15 is 0 Å². The molecule has 1 unspecified atom stereocenters. The number of hydrogen-bond acceptors (Lipinski definition) is 3. The molecule has 1 amide bonds. The number of likely N-dealkylation sites (tertiary alicyclic amines) is 1. The van der Waals surface area contributed by atoms with Gasteiger partial charge >= 0.3 is 0 Å². The zero-order valence-corrected chi connectivity index (χ0v) is 11.9. The van der Waals surface area contributed by atoms with E-state index in [2.05, 4.69) is 35.2 Å². The first-order chi connectivity index (χ1) is 9.78. The number of benzene rings is 1. The molecule has 1 saturated carbocycles. The summed E-state index contributed by atoms with van der Waals surface area (Å²) in [6, 6.07) is 11.8. The van der Waals surface area contributed by atoms with E-state index in [1.807, 2.05) is 4.90 Å². The summed E-state index contributed by atoms with van der Waals surface area (Å²) in [4.78, 5) is 16.2. The largest absolute Gasteiger partial charge is 0.340 e. The molecule has 1 aromatic carbocycles. The normalized spacial score (nSPS) is 22.5. The van der Waals surface area contributed by atoms with Gasteiger partial charge in [-0.05, 0) is 24.8 Å². The van der Waals surface area contributed by atoms with E-state index in [9.17, 15) is 4.79 Å². The van der Waals surface area contributed by atoms with Gasteiger partial charge in [0.1, 0.15) is 0 Å². The van der Waals surface area contributed by atoms with Gasteiger partial charge in [0.15, 0.2) is 0 Å². The zero-order valence-electron chi connectivity index (χ0n) is 11.9. The smallest absolute Gasteiger partial charge is 0.236 e. The van der Waals surface area contributed by atoms with Gasteiger partial charge in [-0.3, -0.25) is 9.69 Å². The van der Waals surface area contributed by atoms with Crippen molar-refractivity contribution in [2.75, 3.05) is 19.6 Å². The van der Waals surface area contributed by atoms with E-state index in [0.717, 1.165) is 26.1 Å². The van der Waals surface area contributed by atoms with E-state index in [4.69, 9.17) is 5.73 Å². The molecule has 1 aliphatic carbocycles. The van der Waals surface area contributed by atoms with E-state index in [-0.39, 0.29) is 12.5 Å². The molecule has 0 bridgehead atoms. The Kier molecular flexibility index (Phi) is 4.03. The van der Waals surface area contributed by atoms with Crippen molar-refractivity contribution >= 4 is 5.91 Å². The Morgan fingerprint density at radius 1 is 1.20 bits per heavy atom. The number of nitrogens with zero attached hydrogens (tertiary/aromatic N) is 2. The monoisotopic (exact) mass is 273 g/mol. The van der Waals surface area contributed by atoms with Gasteiger partial charge in [-0.15, -0.1) is 0 Å². The van der Waals surface area contributed by atoms with Crippen LogP contribution in [0.4, 0.5) is 0 Å². The predicted octanol–water partition coefficient (Wildman–Crippen LogP) is 1.21. The Morgan fingerprint density at radius 3 is 2.60 bits per heavy atom. The lowest BCUT2D eigenvalue weighted by Crippen LogP contribution is -2.41. The van der Waals surface area contributed by atoms with Crippen molar-refractivity contribution in [3.63, 3.8) is 0 Å². The highest BCUT2D eigenvalue weighted by Gasteiger charge is 2.37. The third-order valence-corrected chi connectivity index (χ3v) is 4.38. The molecule has 4 heteroatoms. The number of hydrogen-bond donors (Lipinski definition) is 1. The van der Waals surface area contributed by atoms with Crippen molar-refractivity contribution in [1.82, 2.24) is 9.80 Å². The number of nitrogens with two attached hydrogens (primary N) is 1. The van der Waals surface area contributed by atoms with Gasteiger partial charge in [0.05, 0.1) is 6.54 Å². The van der Waals surface area contributed by atoms with Crippen LogP contribution < -0.4 is 5.73 Å². The summed E-state index contributed by atoms with van der Waals surface area (Å²) in [5, 5.41) is 0. The third-order valence-electron chi connectivity index (χ3n) is 4.38. The van der Waals surface area contributed by atoms with Crippen LogP contribution in [0.1, 0.15) is 24.8 Å². The average molecular weight is 273 g/mol. The highest BCUT2D eigenvalue weighted by Crippen LogP contribution is 2.32. The molecule has 1 aromatic rings. The van der Waals surface area contributed by atoms with E-state index in [1.54, 1.807) is 0 Å². The van der Waals surface area contributed by atoms with E-state index in [1.165, 1.54) is 18.4 Å². The van der Waals surface area contributed by atoms with Crippen LogP contribution in [0.25, 0.3) is 0 Å². The first-order valence-electron chi connectivity index (χ1n) is 7.55. The molecule has 0 spiro atoms. The minimum absolute atomic E-state index is 0.0861. The van der Waals surface area contributed by atoms with E-state index < -0.39 is 0 Å². The van der Waals surface area contributed by atoms with Crippen LogP contribution in [-0.4, -0.2) is 47.4 Å². The summed E-state index contributed by atoms with van der Waals surface area (Å²) in [6.07, 6.45) is 3.68. The Hall–Kier alpha value is -1.39. The van der Waals surface area contributed by atoms with Crippen molar-refractivity contribution in [2.45, 2.75) is 37.9 Å². The molecular formula is C16H23N3O. The number of carbonyl (C=O) groups is 1. The maximum Gasteiger partial charge on any atom is 0.236 e. The van der Waals surface area contributed by atoms with Crippen LogP contribution in [0.5, 0.6) is 0 Å². The third kappa shape index (κ3) is 3.02. The molecule has 3 rings (SSSR count). The Morgan fingerprint density at radius 2 is 1.95 bits per heavy atom. The molecule has 0 radical (unpaired) electrons. The Balaban J connectivity index is 1.65. The second-order valence-electron chi connectivity index (χ2n) is 5.88. The fourth-order valence-corrected chi connectivity index (χ4v) is 3.12. The fourth-order valence-electron chi connectivity index (χ4n) is 3.12. The van der Waals surface area contributed by atoms with Gasteiger partial charge in [-0.25, -0.2) is 0 Å². The average Bonchev–Trinajstić information content (AvgIpc) is 3.21. The first-order valence-corrected chi connectivity index (χ1v) is 7.55. The molecule has 2 fully saturated rings. The number of carbonyl (C=O) groups excluding carboxylic acids is 1. The van der Waals surface area contributed by atoms with Gasteiger partial charge in [-0.1, -0.05) is 30.3 Å². The standard InChI is InChI=1S/C16H23N3O/c17-10-16(20)18-9-8-15(12-18)19(14-6-7-14)11-13-4-2-1-3-5-13/h1-5,14-15H,6-12,17H2. The highest BCUT2D eigenvalue weighted by molar-refractivity contribution is 5.78. The summed E-state index contributed by atoms with van der Waals surface area (Å²) in [6.45, 7) is 2.84. The summed E-state index contributed by atoms with van der Waals surface area (Å²) >= 11 is 0. The SMILES string of the molecule is NCC(=O)N1CCC(N(Cc2ccccc2)C2CC2)C1. The van der Waals surface area contributed by atoms with Gasteiger partial charge in [0, 0.05) is 31.7 Å². The predicted molar refractivity (Wildman–Crippen MR) is 79.0 cm³/mol. The zero-order chi connectivity index (χ0) is 13.9. The Bertz CT molecular complexity index is 458. The molecular weight excluding hydrogens is 250 g/mol. The molecule has 1 heterocycles. The second kappa shape index (κ2) is 5.94. The van der Waals surface area contributed by atoms with Gasteiger partial charge in [0.2, 0.25) is 5.91 Å². The highest BCUT2D eigenvalue weighted by atomic mass is 16.2. The van der Waals surface area contributed by atoms with Crippen molar-refractivity contribution in [3.05, 3.63) is 35.9 Å². The maximum atomic E-state index is 11.7. The molecule has 1 aliphatic heterocycles. The summed E-state index contributed by atoms with van der Waals surface area (Å²) in [5.74, 6) is 0.0861. The summed E-state index contributed by atoms with van der Waals surface area (Å²) < 4.78 is 0. The molecule has 1 saturated heterocycles. The van der Waals surface area contributed by atoms with Crippen LogP contribution in [0, 0.1) is 0 Å². The summed E-state index contributed by atoms with van der Waals surface area (Å²) in [5.41, 5.74) is 6.83. The lowest BCUT2D eigenvalue weighted by Gasteiger charge is -2.29. The van der Waals surface area contributed by atoms with Crippen molar-refractivity contribution < 1.29 is 4.79 Å². The molecule has 0 aromatic heterocycles. The molecule has 108 valence electrons. The quantitative estimate of drug-likeness (QED) is 0.877. The van der Waals surface area contributed by atoms with Crippen LogP contribution in [0.3, 0.4) is 0 Å². The molecule has 2 N–H and O–H groups in total. The van der Waals surface area contributed by atoms with Crippen molar-refractivity contribution in [1.29, 1.82) is 0 Å². The van der Waals surface area contributed by atoms with Crippen LogP contribution >= 0.6 is 0 Å². The lowest BCUT2D eigenvalue weighted by molar-refractivity contribution is -0.128. The molecule has 20 heavy (non-hydrogen) atoms. The van der Waals surface area contributed by atoms with Crippen LogP contribution in [0.15, 0.2) is 30.3 Å². The second-order valence-corrected chi connectivity index (χ2v) is 5.88. The summed E-state index contributed by atoms with van der Waals surface area (Å²) in [7, 11) is 0. The molecule has 1 atom stereocenters. The Labute approximate surface area is 120 Å². The molecule has 4 nitrogen and oxygen atoms in total. The maximum absolute atomic E-state index is 11.7. The van der Waals surface area contributed by atoms with Gasteiger partial charge in [-0.2, -0.15) is 0 Å². The van der Waals surface area contributed by atoms with E-state index in [0.29, 0.717) is 12.1 Å². The topological polar surface area (TPSA) is 49.6 Å². The first kappa shape index (κ1) is 13.6. The minimum Gasteiger partial charge on any atom is -0.340 e. The van der Waals surface area contributed by atoms with Crippen molar-refractivity contribution in [2.24, 2.45) is 5.73 Å². The number of amides is 1. The lowest BCUT2D eigenvalue weighted by atomic mass is 10.1. The van der Waals surface area contributed by atoms with Crippen LogP contribution in [-0.2, 0) is 11.3 Å². The van der Waals surface area contributed by atoms with Gasteiger partial charge in [0.25, 0.3) is 0 Å². The fraction of sp³-hybridized carbons (Fsp3) is 0.562. The number of rotatable bonds is 5. The minimum atomic E-state index is 0.0861. The van der Waals surface area contributed by atoms with Crippen LogP contribution in [0.2, 0.25) is 0 Å². The van der Waals surface area contributed by atoms with Gasteiger partial charge < -0.3 is 10.6 Å². The van der Waals surface area contributed by atoms with Crippen molar-refractivity contribution in [3.8, 4) is 0 Å².